The van der Waals surface area contributed by atoms with E-state index in [2.05, 4.69) is 67.6 Å². The molecule has 6 heteroatoms. The molecule has 5 nitrogen and oxygen atoms in total. The average molecular weight is 498 g/mol. The number of fused-ring (bicyclic) bond motifs is 1. The number of amides is 1. The van der Waals surface area contributed by atoms with Crippen molar-refractivity contribution in [2.75, 3.05) is 5.32 Å². The van der Waals surface area contributed by atoms with E-state index < -0.39 is 0 Å². The maximum Gasteiger partial charge on any atom is 0.250 e. The monoisotopic (exact) mass is 497 g/mol. The molecule has 3 aromatic carbocycles. The van der Waals surface area contributed by atoms with Crippen molar-refractivity contribution in [2.45, 2.75) is 46.0 Å². The van der Waals surface area contributed by atoms with Crippen molar-refractivity contribution in [1.29, 1.82) is 0 Å². The summed E-state index contributed by atoms with van der Waals surface area (Å²) in [4.78, 5) is 16.9. The van der Waals surface area contributed by atoms with Gasteiger partial charge in [-0.1, -0.05) is 58.0 Å². The lowest BCUT2D eigenvalue weighted by Crippen LogP contribution is -2.32. The number of carbonyl (C=O) groups is 1. The smallest absolute Gasteiger partial charge is 0.250 e. The highest BCUT2D eigenvalue weighted by molar-refractivity contribution is 7.80. The van der Waals surface area contributed by atoms with Gasteiger partial charge in [0.2, 0.25) is 11.8 Å². The van der Waals surface area contributed by atoms with Gasteiger partial charge < -0.3 is 9.73 Å². The third-order valence-corrected chi connectivity index (χ3v) is 6.45. The van der Waals surface area contributed by atoms with Crippen molar-refractivity contribution >= 4 is 46.1 Å². The molecule has 0 spiro atoms. The number of hydrogen-bond acceptors (Lipinski definition) is 4. The molecule has 1 amide bonds. The summed E-state index contributed by atoms with van der Waals surface area (Å²) in [5, 5.41) is 5.94. The van der Waals surface area contributed by atoms with Crippen LogP contribution in [0.4, 0.5) is 5.69 Å². The second-order valence-electron chi connectivity index (χ2n) is 9.23. The normalized spacial score (nSPS) is 12.2. The molecule has 1 heterocycles. The van der Waals surface area contributed by atoms with Crippen LogP contribution in [0.25, 0.3) is 28.6 Å². The van der Waals surface area contributed by atoms with E-state index >= 15 is 0 Å². The third-order valence-electron chi connectivity index (χ3n) is 6.25. The van der Waals surface area contributed by atoms with Gasteiger partial charge >= 0.3 is 0 Å². The Bertz CT molecular complexity index is 1390. The number of rotatable bonds is 7. The summed E-state index contributed by atoms with van der Waals surface area (Å²) in [5.74, 6) is 1.23. The molecule has 0 bridgehead atoms. The van der Waals surface area contributed by atoms with Gasteiger partial charge in [-0.3, -0.25) is 10.1 Å². The zero-order valence-electron chi connectivity index (χ0n) is 21.0. The Morgan fingerprint density at radius 3 is 2.36 bits per heavy atom. The van der Waals surface area contributed by atoms with Crippen LogP contribution in [0.2, 0.25) is 0 Å². The van der Waals surface area contributed by atoms with E-state index in [0.717, 1.165) is 34.3 Å². The summed E-state index contributed by atoms with van der Waals surface area (Å²) in [6.45, 7) is 8.69. The van der Waals surface area contributed by atoms with Crippen molar-refractivity contribution < 1.29 is 9.21 Å². The number of aromatic nitrogens is 1. The number of nitrogens with one attached hydrogen (secondary N) is 2. The van der Waals surface area contributed by atoms with Crippen LogP contribution in [0.1, 0.15) is 62.6 Å². The van der Waals surface area contributed by atoms with Gasteiger partial charge in [-0.15, -0.1) is 0 Å². The number of carbonyl (C=O) groups excluding carboxylic acids is 1. The summed E-state index contributed by atoms with van der Waals surface area (Å²) in [6, 6.07) is 21.9. The van der Waals surface area contributed by atoms with Crippen LogP contribution in [0.5, 0.6) is 0 Å². The molecule has 4 aromatic rings. The number of nitrogens with zero attached hydrogens (tertiary/aromatic N) is 1. The lowest BCUT2D eigenvalue weighted by molar-refractivity contribution is -0.115. The predicted octanol–water partition coefficient (Wildman–Crippen LogP) is 7.66. The second kappa shape index (κ2) is 11.3. The Kier molecular flexibility index (Phi) is 7.96. The highest BCUT2D eigenvalue weighted by Gasteiger charge is 2.11. The van der Waals surface area contributed by atoms with E-state index in [-0.39, 0.29) is 11.0 Å². The van der Waals surface area contributed by atoms with Crippen LogP contribution in [-0.4, -0.2) is 16.0 Å². The van der Waals surface area contributed by atoms with Crippen LogP contribution in [0.15, 0.2) is 77.2 Å². The number of benzene rings is 3. The summed E-state index contributed by atoms with van der Waals surface area (Å²) in [5.41, 5.74) is 6.73. The largest absolute Gasteiger partial charge is 0.436 e. The van der Waals surface area contributed by atoms with Crippen LogP contribution >= 0.6 is 12.2 Å². The van der Waals surface area contributed by atoms with Gasteiger partial charge in [0, 0.05) is 17.3 Å². The maximum absolute atomic E-state index is 12.3. The van der Waals surface area contributed by atoms with Gasteiger partial charge in [0.25, 0.3) is 0 Å². The first-order chi connectivity index (χ1) is 17.3. The fraction of sp³-hybridized carbons (Fsp3) is 0.233. The van der Waals surface area contributed by atoms with E-state index in [4.69, 9.17) is 16.6 Å². The van der Waals surface area contributed by atoms with Gasteiger partial charge in [-0.2, -0.15) is 0 Å². The minimum absolute atomic E-state index is 0.229. The van der Waals surface area contributed by atoms with Crippen molar-refractivity contribution in [3.8, 4) is 11.5 Å². The number of oxazole rings is 1. The molecule has 0 aliphatic rings. The topological polar surface area (TPSA) is 67.2 Å². The number of thiocarbonyl (C=S) groups is 1. The Morgan fingerprint density at radius 2 is 1.69 bits per heavy atom. The maximum atomic E-state index is 12.3. The zero-order valence-corrected chi connectivity index (χ0v) is 21.9. The van der Waals surface area contributed by atoms with Gasteiger partial charge in [0.15, 0.2) is 10.7 Å². The van der Waals surface area contributed by atoms with E-state index in [9.17, 15) is 4.79 Å². The standard InChI is InChI=1S/C30H31N3O2S/c1-5-20(4)24-13-16-27-26(18-24)32-29(35-27)23-11-14-25(15-12-23)31-30(36)33-28(34)17-8-21-6-9-22(10-7-21)19(2)3/h6-20H,5H2,1-4H3,(H2,31,33,34,36)/b17-8+/t20-/m1/s1. The van der Waals surface area contributed by atoms with Crippen LogP contribution < -0.4 is 10.6 Å². The molecule has 4 rings (SSSR count). The molecule has 0 unspecified atom stereocenters. The first kappa shape index (κ1) is 25.3. The predicted molar refractivity (Wildman–Crippen MR) is 152 cm³/mol. The molecular weight excluding hydrogens is 466 g/mol. The van der Waals surface area contributed by atoms with Crippen molar-refractivity contribution in [3.63, 3.8) is 0 Å². The van der Waals surface area contributed by atoms with Gasteiger partial charge in [-0.05, 0) is 89.6 Å². The van der Waals surface area contributed by atoms with Crippen LogP contribution in [0, 0.1) is 0 Å². The zero-order chi connectivity index (χ0) is 25.7. The molecule has 1 atom stereocenters. The van der Waals surface area contributed by atoms with E-state index in [1.54, 1.807) is 6.08 Å². The Hall–Kier alpha value is -3.77. The fourth-order valence-corrected chi connectivity index (χ4v) is 4.00. The lowest BCUT2D eigenvalue weighted by atomic mass is 9.98. The summed E-state index contributed by atoms with van der Waals surface area (Å²) in [7, 11) is 0. The first-order valence-electron chi connectivity index (χ1n) is 12.2. The van der Waals surface area contributed by atoms with E-state index in [1.807, 2.05) is 42.5 Å². The van der Waals surface area contributed by atoms with Crippen LogP contribution in [0.3, 0.4) is 0 Å². The van der Waals surface area contributed by atoms with Gasteiger partial charge in [-0.25, -0.2) is 4.98 Å². The molecule has 0 aliphatic heterocycles. The minimum atomic E-state index is -0.291. The third kappa shape index (κ3) is 6.26. The minimum Gasteiger partial charge on any atom is -0.436 e. The molecule has 0 fully saturated rings. The quantitative estimate of drug-likeness (QED) is 0.203. The average Bonchev–Trinajstić information content (AvgIpc) is 3.31. The highest BCUT2D eigenvalue weighted by Crippen LogP contribution is 2.28. The fourth-order valence-electron chi connectivity index (χ4n) is 3.79. The summed E-state index contributed by atoms with van der Waals surface area (Å²) in [6.07, 6.45) is 4.32. The molecule has 36 heavy (non-hydrogen) atoms. The molecule has 0 saturated heterocycles. The number of anilines is 1. The Morgan fingerprint density at radius 1 is 1.00 bits per heavy atom. The van der Waals surface area contributed by atoms with E-state index in [0.29, 0.717) is 17.7 Å². The SMILES string of the molecule is CC[C@@H](C)c1ccc2oc(-c3ccc(NC(=S)NC(=O)/C=C/c4ccc(C(C)C)cc4)cc3)nc2c1. The van der Waals surface area contributed by atoms with Crippen molar-refractivity contribution in [2.24, 2.45) is 0 Å². The molecular formula is C30H31N3O2S. The highest BCUT2D eigenvalue weighted by atomic mass is 32.1. The Labute approximate surface area is 217 Å². The second-order valence-corrected chi connectivity index (χ2v) is 9.64. The number of hydrogen-bond donors (Lipinski definition) is 2. The molecule has 184 valence electrons. The molecule has 2 N–H and O–H groups in total. The van der Waals surface area contributed by atoms with Crippen molar-refractivity contribution in [3.05, 3.63) is 89.5 Å². The van der Waals surface area contributed by atoms with Gasteiger partial charge in [0.1, 0.15) is 5.52 Å². The van der Waals surface area contributed by atoms with Crippen molar-refractivity contribution in [1.82, 2.24) is 10.3 Å². The molecule has 0 saturated carbocycles. The van der Waals surface area contributed by atoms with Crippen LogP contribution in [-0.2, 0) is 4.79 Å². The summed E-state index contributed by atoms with van der Waals surface area (Å²) >= 11 is 5.29. The first-order valence-corrected chi connectivity index (χ1v) is 12.6. The molecule has 0 radical (unpaired) electrons. The molecule has 0 aliphatic carbocycles. The lowest BCUT2D eigenvalue weighted by Gasteiger charge is -2.08. The molecule has 1 aromatic heterocycles. The van der Waals surface area contributed by atoms with E-state index in [1.165, 1.54) is 17.2 Å². The summed E-state index contributed by atoms with van der Waals surface area (Å²) < 4.78 is 5.96. The Balaban J connectivity index is 1.34. The van der Waals surface area contributed by atoms with Gasteiger partial charge in [0.05, 0.1) is 0 Å².